The van der Waals surface area contributed by atoms with Crippen LogP contribution in [0.4, 0.5) is 4.79 Å². The Bertz CT molecular complexity index is 571. The monoisotopic (exact) mass is 353 g/mol. The van der Waals surface area contributed by atoms with Gasteiger partial charge in [-0.05, 0) is 46.3 Å². The van der Waals surface area contributed by atoms with E-state index in [0.717, 1.165) is 0 Å². The van der Waals surface area contributed by atoms with Crippen LogP contribution in [0.3, 0.4) is 0 Å². The summed E-state index contributed by atoms with van der Waals surface area (Å²) in [5.41, 5.74) is -0.400. The third kappa shape index (κ3) is 7.41. The molecule has 0 saturated carbocycles. The first-order chi connectivity index (χ1) is 11.7. The average Bonchev–Trinajstić information content (AvgIpc) is 2.47. The van der Waals surface area contributed by atoms with Crippen LogP contribution >= 0.6 is 0 Å². The Balaban J connectivity index is 2.95. The van der Waals surface area contributed by atoms with E-state index in [-0.39, 0.29) is 30.3 Å². The molecule has 0 aromatic rings. The summed E-state index contributed by atoms with van der Waals surface area (Å²) in [6.45, 7) is 9.10. The van der Waals surface area contributed by atoms with E-state index in [9.17, 15) is 14.4 Å². The highest BCUT2D eigenvalue weighted by Gasteiger charge is 2.26. The smallest absolute Gasteiger partial charge is 0.412 e. The Morgan fingerprint density at radius 2 is 1.92 bits per heavy atom. The maximum Gasteiger partial charge on any atom is 0.412 e. The van der Waals surface area contributed by atoms with Crippen molar-refractivity contribution in [1.29, 1.82) is 0 Å². The van der Waals surface area contributed by atoms with Crippen molar-refractivity contribution in [1.82, 2.24) is 5.32 Å². The minimum Gasteiger partial charge on any atom is -0.477 e. The lowest BCUT2D eigenvalue weighted by molar-refractivity contribution is -0.154. The zero-order valence-corrected chi connectivity index (χ0v) is 15.5. The lowest BCUT2D eigenvalue weighted by Gasteiger charge is -2.24. The van der Waals surface area contributed by atoms with Crippen molar-refractivity contribution in [3.05, 3.63) is 23.6 Å². The summed E-state index contributed by atoms with van der Waals surface area (Å²) < 4.78 is 15.9. The zero-order valence-electron chi connectivity index (χ0n) is 15.5. The van der Waals surface area contributed by atoms with Crippen LogP contribution in [0.5, 0.6) is 0 Å². The molecule has 0 fully saturated rings. The summed E-state index contributed by atoms with van der Waals surface area (Å²) >= 11 is 0. The molecule has 0 bridgehead atoms. The molecular weight excluding hydrogens is 326 g/mol. The van der Waals surface area contributed by atoms with Gasteiger partial charge in [-0.15, -0.1) is 0 Å². The Morgan fingerprint density at radius 3 is 2.48 bits per heavy atom. The highest BCUT2D eigenvalue weighted by Crippen LogP contribution is 2.20. The van der Waals surface area contributed by atoms with Gasteiger partial charge < -0.3 is 14.2 Å². The Morgan fingerprint density at radius 1 is 1.24 bits per heavy atom. The minimum absolute atomic E-state index is 0.0350. The quantitative estimate of drug-likeness (QED) is 0.708. The molecule has 0 aliphatic heterocycles. The largest absolute Gasteiger partial charge is 0.477 e. The van der Waals surface area contributed by atoms with Crippen molar-refractivity contribution in [2.24, 2.45) is 0 Å². The summed E-state index contributed by atoms with van der Waals surface area (Å²) in [7, 11) is 0. The number of esters is 1. The van der Waals surface area contributed by atoms with Crippen LogP contribution in [0, 0.1) is 0 Å². The third-order valence-electron chi connectivity index (χ3n) is 3.09. The molecule has 1 amide bonds. The first-order valence-corrected chi connectivity index (χ1v) is 8.43. The second-order valence-corrected chi connectivity index (χ2v) is 6.59. The van der Waals surface area contributed by atoms with Gasteiger partial charge in [0.15, 0.2) is 11.9 Å². The second kappa shape index (κ2) is 9.25. The second-order valence-electron chi connectivity index (χ2n) is 6.59. The highest BCUT2D eigenvalue weighted by molar-refractivity contribution is 5.94. The van der Waals surface area contributed by atoms with E-state index in [2.05, 4.69) is 5.32 Å². The van der Waals surface area contributed by atoms with Gasteiger partial charge in [0.05, 0.1) is 18.7 Å². The number of ketones is 1. The number of carbonyl (C=O) groups is 3. The van der Waals surface area contributed by atoms with Gasteiger partial charge in [-0.25, -0.2) is 9.59 Å². The minimum atomic E-state index is -0.798. The molecule has 0 spiro atoms. The normalized spacial score (nSPS) is 15.6. The molecule has 7 heteroatoms. The summed E-state index contributed by atoms with van der Waals surface area (Å²) in [5.74, 6) is -0.391. The van der Waals surface area contributed by atoms with E-state index >= 15 is 0 Å². The summed E-state index contributed by atoms with van der Waals surface area (Å²) in [5, 5.41) is 2.54. The molecular formula is C18H27NO6. The molecule has 1 N–H and O–H groups in total. The number of rotatable bonds is 7. The van der Waals surface area contributed by atoms with Gasteiger partial charge in [0.2, 0.25) is 0 Å². The van der Waals surface area contributed by atoms with Crippen molar-refractivity contribution >= 4 is 17.8 Å². The highest BCUT2D eigenvalue weighted by atomic mass is 16.6. The number of ether oxygens (including phenoxy) is 3. The molecule has 1 aliphatic rings. The van der Waals surface area contributed by atoms with E-state index < -0.39 is 23.8 Å². The molecule has 1 atom stereocenters. The van der Waals surface area contributed by atoms with Crippen LogP contribution in [0.25, 0.3) is 0 Å². The number of nitrogens with one attached hydrogen (secondary N) is 1. The first-order valence-electron chi connectivity index (χ1n) is 8.43. The van der Waals surface area contributed by atoms with E-state index in [4.69, 9.17) is 14.2 Å². The van der Waals surface area contributed by atoms with Gasteiger partial charge in [-0.1, -0.05) is 13.3 Å². The predicted molar refractivity (Wildman–Crippen MR) is 91.6 cm³/mol. The maximum absolute atomic E-state index is 12.0. The lowest BCUT2D eigenvalue weighted by atomic mass is 10.1. The molecule has 0 radical (unpaired) electrons. The Hall–Kier alpha value is -2.31. The van der Waals surface area contributed by atoms with Gasteiger partial charge in [-0.2, -0.15) is 0 Å². The number of hydrogen-bond acceptors (Lipinski definition) is 6. The maximum atomic E-state index is 12.0. The molecule has 0 aromatic heterocycles. The number of carbonyl (C=O) groups excluding carboxylic acids is 3. The molecule has 25 heavy (non-hydrogen) atoms. The topological polar surface area (TPSA) is 90.9 Å². The molecule has 1 rings (SSSR count). The first kappa shape index (κ1) is 20.7. The molecule has 0 heterocycles. The van der Waals surface area contributed by atoms with Crippen LogP contribution in [-0.4, -0.2) is 36.2 Å². The SMILES string of the molecule is CCCC(OC1=C(NC(=O)OC(C)(C)C)CC(=O)C=C1)C(=O)OCC. The van der Waals surface area contributed by atoms with Crippen LogP contribution in [0.1, 0.15) is 53.9 Å². The van der Waals surface area contributed by atoms with Crippen molar-refractivity contribution in [3.63, 3.8) is 0 Å². The molecule has 1 aliphatic carbocycles. The number of allylic oxidation sites excluding steroid dienone is 3. The number of hydrogen-bond donors (Lipinski definition) is 1. The fourth-order valence-corrected chi connectivity index (χ4v) is 2.11. The number of amides is 1. The van der Waals surface area contributed by atoms with E-state index in [0.29, 0.717) is 12.8 Å². The average molecular weight is 353 g/mol. The summed E-state index contributed by atoms with van der Waals surface area (Å²) in [4.78, 5) is 35.7. The van der Waals surface area contributed by atoms with E-state index in [1.165, 1.54) is 12.2 Å². The molecule has 140 valence electrons. The predicted octanol–water partition coefficient (Wildman–Crippen LogP) is 3.00. The standard InChI is InChI=1S/C18H27NO6/c1-6-8-15(16(21)23-7-2)24-14-10-9-12(20)11-13(14)19-17(22)25-18(3,4)5/h9-10,15H,6-8,11H2,1-5H3,(H,19,22). The van der Waals surface area contributed by atoms with Crippen molar-refractivity contribution in [3.8, 4) is 0 Å². The van der Waals surface area contributed by atoms with Crippen LogP contribution < -0.4 is 5.32 Å². The van der Waals surface area contributed by atoms with Gasteiger partial charge in [0.1, 0.15) is 11.4 Å². The molecule has 1 unspecified atom stereocenters. The number of alkyl carbamates (subject to hydrolysis) is 1. The summed E-state index contributed by atoms with van der Waals surface area (Å²) in [6, 6.07) is 0. The van der Waals surface area contributed by atoms with Gasteiger partial charge in [0, 0.05) is 0 Å². The fraction of sp³-hybridized carbons (Fsp3) is 0.611. The van der Waals surface area contributed by atoms with Gasteiger partial charge in [0.25, 0.3) is 0 Å². The lowest BCUT2D eigenvalue weighted by Crippen LogP contribution is -2.34. The van der Waals surface area contributed by atoms with Crippen LogP contribution in [-0.2, 0) is 23.8 Å². The van der Waals surface area contributed by atoms with E-state index in [1.807, 2.05) is 6.92 Å². The van der Waals surface area contributed by atoms with Crippen molar-refractivity contribution in [2.45, 2.75) is 65.6 Å². The fourth-order valence-electron chi connectivity index (χ4n) is 2.11. The van der Waals surface area contributed by atoms with Gasteiger partial charge in [-0.3, -0.25) is 10.1 Å². The Kier molecular flexibility index (Phi) is 7.67. The zero-order chi connectivity index (χ0) is 19.0. The van der Waals surface area contributed by atoms with Crippen molar-refractivity contribution in [2.75, 3.05) is 6.61 Å². The third-order valence-corrected chi connectivity index (χ3v) is 3.09. The van der Waals surface area contributed by atoms with Crippen LogP contribution in [0.15, 0.2) is 23.6 Å². The Labute approximate surface area is 148 Å². The molecule has 0 saturated heterocycles. The molecule has 7 nitrogen and oxygen atoms in total. The van der Waals surface area contributed by atoms with Crippen LogP contribution in [0.2, 0.25) is 0 Å². The molecule has 0 aromatic carbocycles. The summed E-state index contributed by atoms with van der Waals surface area (Å²) in [6.07, 6.45) is 2.46. The van der Waals surface area contributed by atoms with Crippen molar-refractivity contribution < 1.29 is 28.6 Å². The van der Waals surface area contributed by atoms with E-state index in [1.54, 1.807) is 27.7 Å². The van der Waals surface area contributed by atoms with Gasteiger partial charge >= 0.3 is 12.1 Å².